The molecule has 2 saturated heterocycles. The number of carbonyl (C=O) groups is 2. The van der Waals surface area contributed by atoms with Crippen LogP contribution in [0.3, 0.4) is 0 Å². The molecule has 2 aromatic carbocycles. The molecule has 6 rings (SSSR count). The first-order chi connectivity index (χ1) is 18.5. The van der Waals surface area contributed by atoms with Crippen LogP contribution in [0.2, 0.25) is 0 Å². The lowest BCUT2D eigenvalue weighted by atomic mass is 9.94. The van der Waals surface area contributed by atoms with E-state index in [9.17, 15) is 9.59 Å². The van der Waals surface area contributed by atoms with Gasteiger partial charge in [0.25, 0.3) is 0 Å². The lowest BCUT2D eigenvalue weighted by Gasteiger charge is -2.15. The van der Waals surface area contributed by atoms with Gasteiger partial charge >= 0.3 is 0 Å². The zero-order chi connectivity index (χ0) is 26.2. The summed E-state index contributed by atoms with van der Waals surface area (Å²) in [5.41, 5.74) is 13.5. The average molecular weight is 514 g/mol. The van der Waals surface area contributed by atoms with Gasteiger partial charge in [-0.15, -0.1) is 0 Å². The van der Waals surface area contributed by atoms with E-state index in [0.29, 0.717) is 12.8 Å². The molecule has 4 atom stereocenters. The number of ether oxygens (including phenoxy) is 4. The highest BCUT2D eigenvalue weighted by Crippen LogP contribution is 2.32. The van der Waals surface area contributed by atoms with Crippen molar-refractivity contribution in [2.75, 3.05) is 13.6 Å². The van der Waals surface area contributed by atoms with Crippen LogP contribution in [0.1, 0.15) is 30.9 Å². The lowest BCUT2D eigenvalue weighted by Crippen LogP contribution is -2.40. The van der Waals surface area contributed by atoms with Crippen molar-refractivity contribution in [2.24, 2.45) is 15.7 Å². The van der Waals surface area contributed by atoms with Crippen LogP contribution in [0.15, 0.2) is 70.9 Å². The van der Waals surface area contributed by atoms with Gasteiger partial charge in [-0.05, 0) is 40.3 Å². The molecule has 2 N–H and O–H groups in total. The van der Waals surface area contributed by atoms with Gasteiger partial charge in [0, 0.05) is 25.2 Å². The topological polar surface area (TPSA) is 122 Å². The van der Waals surface area contributed by atoms with Gasteiger partial charge in [0.15, 0.2) is 11.9 Å². The molecule has 194 valence electrons. The normalized spacial score (nSPS) is 26.7. The highest BCUT2D eigenvalue weighted by molar-refractivity contribution is 6.05. The van der Waals surface area contributed by atoms with Gasteiger partial charge in [-0.25, -0.2) is 0 Å². The van der Waals surface area contributed by atoms with Crippen molar-refractivity contribution in [1.82, 2.24) is 0 Å². The van der Waals surface area contributed by atoms with Gasteiger partial charge in [0.2, 0.25) is 5.91 Å². The Labute approximate surface area is 219 Å². The highest BCUT2D eigenvalue weighted by Gasteiger charge is 2.39. The minimum absolute atomic E-state index is 0.0375. The number of Topliss-reactive ketones (excluding diaryl/α,β-unsaturated/α-hetero) is 1. The monoisotopic (exact) mass is 513 g/mol. The summed E-state index contributed by atoms with van der Waals surface area (Å²) in [5, 5.41) is 0. The van der Waals surface area contributed by atoms with Crippen LogP contribution < -0.4 is 5.73 Å². The van der Waals surface area contributed by atoms with Gasteiger partial charge < -0.3 is 24.7 Å². The summed E-state index contributed by atoms with van der Waals surface area (Å²) in [4.78, 5) is 32.4. The van der Waals surface area contributed by atoms with E-state index in [0.717, 1.165) is 44.8 Å². The molecule has 0 spiro atoms. The Morgan fingerprint density at radius 2 is 1.11 bits per heavy atom. The van der Waals surface area contributed by atoms with Crippen molar-refractivity contribution in [3.05, 3.63) is 72.1 Å². The standard InChI is InChI=1S/C29H27N3O6/c1-16(33)25-26(36-14-35-25)23-10-21(12-31-23)19-6-2-17(3-7-19)18-4-8-20(9-5-18)22-11-24(32-13-22)27-28(29(30)34)38-15-37-27/h2-9,12-13,25-28H,10-11,14-15H2,1H3,(H2,30,34)/t25-,26-,27-,28+/m0/s1. The van der Waals surface area contributed by atoms with Gasteiger partial charge in [-0.1, -0.05) is 48.5 Å². The zero-order valence-corrected chi connectivity index (χ0v) is 20.8. The van der Waals surface area contributed by atoms with Crippen molar-refractivity contribution in [1.29, 1.82) is 0 Å². The molecule has 0 aliphatic carbocycles. The molecule has 0 saturated carbocycles. The van der Waals surface area contributed by atoms with Crippen molar-refractivity contribution < 1.29 is 28.5 Å². The maximum absolute atomic E-state index is 11.8. The fraction of sp³-hybridized carbons (Fsp3) is 0.310. The van der Waals surface area contributed by atoms with Gasteiger partial charge in [0.05, 0.1) is 11.4 Å². The average Bonchev–Trinajstić information content (AvgIpc) is 3.74. The first-order valence-electron chi connectivity index (χ1n) is 12.5. The number of allylic oxidation sites excluding steroid dienone is 2. The van der Waals surface area contributed by atoms with Gasteiger partial charge in [-0.2, -0.15) is 0 Å². The van der Waals surface area contributed by atoms with Crippen LogP contribution in [-0.2, 0) is 28.5 Å². The number of rotatable bonds is 7. The Balaban J connectivity index is 1.08. The van der Waals surface area contributed by atoms with Crippen molar-refractivity contribution in [3.63, 3.8) is 0 Å². The number of amides is 1. The summed E-state index contributed by atoms with van der Waals surface area (Å²) < 4.78 is 21.9. The predicted molar refractivity (Wildman–Crippen MR) is 141 cm³/mol. The molecule has 9 heteroatoms. The smallest absolute Gasteiger partial charge is 0.249 e. The van der Waals surface area contributed by atoms with Crippen molar-refractivity contribution in [3.8, 4) is 11.1 Å². The summed E-state index contributed by atoms with van der Waals surface area (Å²) >= 11 is 0. The Kier molecular flexibility index (Phi) is 6.59. The summed E-state index contributed by atoms with van der Waals surface area (Å²) in [6.07, 6.45) is 2.53. The van der Waals surface area contributed by atoms with E-state index >= 15 is 0 Å². The Morgan fingerprint density at radius 3 is 1.55 bits per heavy atom. The quantitative estimate of drug-likeness (QED) is 0.606. The number of nitrogens with zero attached hydrogens (tertiary/aromatic N) is 2. The molecular weight excluding hydrogens is 486 g/mol. The van der Waals surface area contributed by atoms with E-state index in [2.05, 4.69) is 58.5 Å². The second-order valence-electron chi connectivity index (χ2n) is 9.66. The number of primary amides is 1. The molecule has 0 radical (unpaired) electrons. The number of carbonyl (C=O) groups excluding carboxylic acids is 2. The van der Waals surface area contributed by atoms with Crippen LogP contribution >= 0.6 is 0 Å². The van der Waals surface area contributed by atoms with Crippen molar-refractivity contribution >= 4 is 34.3 Å². The number of nitrogens with two attached hydrogens (primary N) is 1. The highest BCUT2D eigenvalue weighted by atomic mass is 16.7. The Bertz CT molecular complexity index is 1280. The maximum atomic E-state index is 11.8. The number of benzene rings is 2. The number of aliphatic imine (C=N–C) groups is 2. The molecule has 4 heterocycles. The third-order valence-corrected chi connectivity index (χ3v) is 7.24. The summed E-state index contributed by atoms with van der Waals surface area (Å²) in [6.45, 7) is 1.66. The van der Waals surface area contributed by atoms with E-state index < -0.39 is 30.3 Å². The predicted octanol–water partition coefficient (Wildman–Crippen LogP) is 3.28. The molecule has 4 aliphatic rings. The van der Waals surface area contributed by atoms with E-state index in [1.54, 1.807) is 0 Å². The van der Waals surface area contributed by atoms with Crippen LogP contribution in [0.25, 0.3) is 22.3 Å². The third kappa shape index (κ3) is 4.65. The van der Waals surface area contributed by atoms with Crippen LogP contribution in [0.4, 0.5) is 0 Å². The third-order valence-electron chi connectivity index (χ3n) is 7.24. The first-order valence-corrected chi connectivity index (χ1v) is 12.5. The Morgan fingerprint density at radius 1 is 0.684 bits per heavy atom. The summed E-state index contributed by atoms with van der Waals surface area (Å²) in [7, 11) is 0. The zero-order valence-electron chi connectivity index (χ0n) is 20.8. The molecule has 4 aliphatic heterocycles. The van der Waals surface area contributed by atoms with E-state index in [1.165, 1.54) is 6.92 Å². The number of hydrogen-bond acceptors (Lipinski definition) is 8. The second-order valence-corrected chi connectivity index (χ2v) is 9.66. The van der Waals surface area contributed by atoms with Crippen LogP contribution in [-0.4, -0.2) is 61.1 Å². The summed E-state index contributed by atoms with van der Waals surface area (Å²) in [6, 6.07) is 16.7. The maximum Gasteiger partial charge on any atom is 0.249 e. The largest absolute Gasteiger partial charge is 0.367 e. The van der Waals surface area contributed by atoms with Crippen LogP contribution in [0.5, 0.6) is 0 Å². The fourth-order valence-electron chi connectivity index (χ4n) is 5.17. The molecule has 2 fully saturated rings. The second kappa shape index (κ2) is 10.2. The lowest BCUT2D eigenvalue weighted by molar-refractivity contribution is -0.127. The van der Waals surface area contributed by atoms with Crippen LogP contribution in [0, 0.1) is 0 Å². The molecule has 1 amide bonds. The van der Waals surface area contributed by atoms with Gasteiger partial charge in [0.1, 0.15) is 31.9 Å². The molecule has 38 heavy (non-hydrogen) atoms. The number of hydrogen-bond donors (Lipinski definition) is 1. The molecular formula is C29H27N3O6. The minimum Gasteiger partial charge on any atom is -0.367 e. The van der Waals surface area contributed by atoms with E-state index in [-0.39, 0.29) is 19.4 Å². The van der Waals surface area contributed by atoms with Crippen molar-refractivity contribution in [2.45, 2.75) is 44.2 Å². The Hall–Kier alpha value is -3.76. The molecule has 0 unspecified atom stereocenters. The molecule has 9 nitrogen and oxygen atoms in total. The van der Waals surface area contributed by atoms with E-state index in [1.807, 2.05) is 12.4 Å². The van der Waals surface area contributed by atoms with Gasteiger partial charge in [-0.3, -0.25) is 19.6 Å². The van der Waals surface area contributed by atoms with E-state index in [4.69, 9.17) is 24.7 Å². The summed E-state index contributed by atoms with van der Waals surface area (Å²) in [5.74, 6) is -0.597. The molecule has 0 aromatic heterocycles. The molecule has 0 bridgehead atoms. The molecule has 2 aromatic rings. The fourth-order valence-corrected chi connectivity index (χ4v) is 5.17. The minimum atomic E-state index is -0.799. The first kappa shape index (κ1) is 24.6. The SMILES string of the molecule is CC(=O)[C@@H]1OCO[C@H]1C1=NC=C(c2ccc(-c3ccc(C4=CN=C([C@@H]5OCO[C@H]5C(N)=O)C4)cc3)cc2)C1. The number of ketones is 1.